The Morgan fingerprint density at radius 3 is 1.71 bits per heavy atom. The van der Waals surface area contributed by atoms with E-state index < -0.39 is 0 Å². The lowest BCUT2D eigenvalue weighted by molar-refractivity contribution is -0.136. The number of carbonyl (C=O) groups is 1. The number of aliphatic hydroxyl groups excluding tert-OH is 2. The minimum Gasteiger partial charge on any atom is -0.395 e. The van der Waals surface area contributed by atoms with Gasteiger partial charge in [0.25, 0.3) is 0 Å². The van der Waals surface area contributed by atoms with Crippen molar-refractivity contribution >= 4 is 5.91 Å². The lowest BCUT2D eigenvalue weighted by atomic mass is 10.2. The van der Waals surface area contributed by atoms with Gasteiger partial charge in [0.05, 0.1) is 19.8 Å². The molecule has 0 rings (SSSR count). The summed E-state index contributed by atoms with van der Waals surface area (Å²) in [6.07, 6.45) is 0. The molecule has 0 atom stereocenters. The second-order valence-electron chi connectivity index (χ2n) is 4.71. The molecule has 0 saturated carbocycles. The van der Waals surface area contributed by atoms with Crippen LogP contribution in [-0.2, 0) is 4.79 Å². The van der Waals surface area contributed by atoms with E-state index in [9.17, 15) is 4.79 Å². The van der Waals surface area contributed by atoms with Crippen molar-refractivity contribution < 1.29 is 15.0 Å². The first-order valence-electron chi connectivity index (χ1n) is 6.19. The van der Waals surface area contributed by atoms with E-state index in [4.69, 9.17) is 10.2 Å². The molecule has 0 aliphatic carbocycles. The second kappa shape index (κ2) is 8.44. The van der Waals surface area contributed by atoms with Crippen LogP contribution in [0, 0.1) is 0 Å². The van der Waals surface area contributed by atoms with Crippen LogP contribution in [0.3, 0.4) is 0 Å². The Hall–Kier alpha value is -0.650. The minimum absolute atomic E-state index is 0.00334. The first-order valence-corrected chi connectivity index (χ1v) is 6.19. The fraction of sp³-hybridized carbons (Fsp3) is 0.917. The van der Waals surface area contributed by atoms with Crippen LogP contribution in [0.1, 0.15) is 27.7 Å². The highest BCUT2D eigenvalue weighted by atomic mass is 16.3. The molecule has 1 amide bonds. The average molecular weight is 246 g/mol. The molecule has 5 nitrogen and oxygen atoms in total. The Morgan fingerprint density at radius 1 is 1.00 bits per heavy atom. The number of hydrogen-bond acceptors (Lipinski definition) is 4. The van der Waals surface area contributed by atoms with Crippen molar-refractivity contribution in [3.8, 4) is 0 Å². The molecule has 0 spiro atoms. The van der Waals surface area contributed by atoms with Crippen molar-refractivity contribution in [3.05, 3.63) is 0 Å². The van der Waals surface area contributed by atoms with Gasteiger partial charge in [0.2, 0.25) is 5.91 Å². The highest BCUT2D eigenvalue weighted by Crippen LogP contribution is 2.06. The largest absolute Gasteiger partial charge is 0.395 e. The van der Waals surface area contributed by atoms with Crippen LogP contribution in [0.2, 0.25) is 0 Å². The highest BCUT2D eigenvalue weighted by molar-refractivity contribution is 5.78. The lowest BCUT2D eigenvalue weighted by Crippen LogP contribution is -2.48. The van der Waals surface area contributed by atoms with Crippen molar-refractivity contribution in [1.29, 1.82) is 0 Å². The van der Waals surface area contributed by atoms with Crippen LogP contribution in [0.4, 0.5) is 0 Å². The summed E-state index contributed by atoms with van der Waals surface area (Å²) in [6, 6.07) is 0.320. The fourth-order valence-corrected chi connectivity index (χ4v) is 2.00. The number of hydrogen-bond donors (Lipinski definition) is 2. The zero-order valence-corrected chi connectivity index (χ0v) is 11.4. The summed E-state index contributed by atoms with van der Waals surface area (Å²) in [5, 5.41) is 17.8. The Labute approximate surface area is 104 Å². The molecule has 0 fully saturated rings. The van der Waals surface area contributed by atoms with Crippen LogP contribution in [0.25, 0.3) is 0 Å². The van der Waals surface area contributed by atoms with Crippen molar-refractivity contribution in [3.63, 3.8) is 0 Å². The Morgan fingerprint density at radius 2 is 1.41 bits per heavy atom. The molecule has 0 aromatic carbocycles. The standard InChI is InChI=1S/C12H26N2O3/c1-10(2)14(11(3)4)12(17)9-13(5-7-15)6-8-16/h10-11,15-16H,5-9H2,1-4H3. The molecule has 0 aliphatic heterocycles. The summed E-state index contributed by atoms with van der Waals surface area (Å²) >= 11 is 0. The van der Waals surface area contributed by atoms with Crippen LogP contribution in [0.15, 0.2) is 0 Å². The van der Waals surface area contributed by atoms with Gasteiger partial charge in [-0.05, 0) is 27.7 Å². The van der Waals surface area contributed by atoms with Gasteiger partial charge in [-0.25, -0.2) is 0 Å². The third kappa shape index (κ3) is 6.00. The predicted octanol–water partition coefficient (Wildman–Crippen LogP) is -0.0816. The van der Waals surface area contributed by atoms with Gasteiger partial charge in [0.1, 0.15) is 0 Å². The van der Waals surface area contributed by atoms with Gasteiger partial charge >= 0.3 is 0 Å². The van der Waals surface area contributed by atoms with Crippen molar-refractivity contribution in [1.82, 2.24) is 9.80 Å². The minimum atomic E-state index is -0.00334. The number of nitrogens with zero attached hydrogens (tertiary/aromatic N) is 2. The number of carbonyl (C=O) groups excluding carboxylic acids is 1. The molecule has 0 bridgehead atoms. The van der Waals surface area contributed by atoms with Gasteiger partial charge in [-0.15, -0.1) is 0 Å². The molecular weight excluding hydrogens is 220 g/mol. The molecule has 0 radical (unpaired) electrons. The molecule has 0 aromatic rings. The Bertz CT molecular complexity index is 206. The van der Waals surface area contributed by atoms with Crippen LogP contribution in [-0.4, -0.2) is 70.9 Å². The summed E-state index contributed by atoms with van der Waals surface area (Å²) in [7, 11) is 0. The summed E-state index contributed by atoms with van der Waals surface area (Å²) in [6.45, 7) is 9.01. The van der Waals surface area contributed by atoms with Gasteiger partial charge in [-0.2, -0.15) is 0 Å². The zero-order chi connectivity index (χ0) is 13.4. The predicted molar refractivity (Wildman–Crippen MR) is 67.7 cm³/mol. The van der Waals surface area contributed by atoms with Crippen LogP contribution in [0.5, 0.6) is 0 Å². The Kier molecular flexibility index (Phi) is 8.12. The zero-order valence-electron chi connectivity index (χ0n) is 11.4. The molecule has 5 heteroatoms. The molecule has 102 valence electrons. The van der Waals surface area contributed by atoms with Crippen LogP contribution < -0.4 is 0 Å². The third-order valence-electron chi connectivity index (χ3n) is 2.59. The van der Waals surface area contributed by atoms with Gasteiger partial charge in [0, 0.05) is 25.2 Å². The van der Waals surface area contributed by atoms with Crippen LogP contribution >= 0.6 is 0 Å². The quantitative estimate of drug-likeness (QED) is 0.629. The summed E-state index contributed by atoms with van der Waals surface area (Å²) in [4.78, 5) is 15.7. The first kappa shape index (κ1) is 16.4. The van der Waals surface area contributed by atoms with E-state index >= 15 is 0 Å². The fourth-order valence-electron chi connectivity index (χ4n) is 2.00. The molecule has 2 N–H and O–H groups in total. The van der Waals surface area contributed by atoms with Gasteiger partial charge < -0.3 is 15.1 Å². The van der Waals surface area contributed by atoms with E-state index in [0.29, 0.717) is 13.1 Å². The molecule has 17 heavy (non-hydrogen) atoms. The highest BCUT2D eigenvalue weighted by Gasteiger charge is 2.21. The monoisotopic (exact) mass is 246 g/mol. The smallest absolute Gasteiger partial charge is 0.237 e. The molecular formula is C12H26N2O3. The molecule has 0 heterocycles. The molecule has 0 aliphatic rings. The third-order valence-corrected chi connectivity index (χ3v) is 2.59. The number of aliphatic hydroxyl groups is 2. The van der Waals surface area contributed by atoms with Gasteiger partial charge in [-0.1, -0.05) is 0 Å². The first-order chi connectivity index (χ1) is 7.93. The molecule has 0 unspecified atom stereocenters. The average Bonchev–Trinajstić information content (AvgIpc) is 2.16. The van der Waals surface area contributed by atoms with Crippen molar-refractivity contribution in [2.45, 2.75) is 39.8 Å². The SMILES string of the molecule is CC(C)N(C(=O)CN(CCO)CCO)C(C)C. The maximum atomic E-state index is 12.1. The van der Waals surface area contributed by atoms with E-state index in [1.807, 2.05) is 32.6 Å². The maximum absolute atomic E-state index is 12.1. The molecule has 0 saturated heterocycles. The number of rotatable bonds is 8. The summed E-state index contributed by atoms with van der Waals surface area (Å²) in [5.74, 6) is 0.0388. The van der Waals surface area contributed by atoms with E-state index in [0.717, 1.165) is 0 Å². The topological polar surface area (TPSA) is 64.0 Å². The molecule has 0 aromatic heterocycles. The summed E-state index contributed by atoms with van der Waals surface area (Å²) < 4.78 is 0. The van der Waals surface area contributed by atoms with E-state index in [1.165, 1.54) is 0 Å². The van der Waals surface area contributed by atoms with Crippen molar-refractivity contribution in [2.75, 3.05) is 32.8 Å². The van der Waals surface area contributed by atoms with E-state index in [2.05, 4.69) is 0 Å². The van der Waals surface area contributed by atoms with E-state index in [1.54, 1.807) is 4.90 Å². The van der Waals surface area contributed by atoms with E-state index in [-0.39, 0.29) is 37.7 Å². The number of amides is 1. The van der Waals surface area contributed by atoms with Gasteiger partial charge in [0.15, 0.2) is 0 Å². The lowest BCUT2D eigenvalue weighted by Gasteiger charge is -2.33. The Balaban J connectivity index is 4.44. The normalized spacial score (nSPS) is 11.6. The maximum Gasteiger partial charge on any atom is 0.237 e. The summed E-state index contributed by atoms with van der Waals surface area (Å²) in [5.41, 5.74) is 0. The van der Waals surface area contributed by atoms with Crippen molar-refractivity contribution in [2.24, 2.45) is 0 Å². The van der Waals surface area contributed by atoms with Gasteiger partial charge in [-0.3, -0.25) is 9.69 Å². The second-order valence-corrected chi connectivity index (χ2v) is 4.71.